The van der Waals surface area contributed by atoms with Crippen LogP contribution in [0.2, 0.25) is 0 Å². The Kier molecular flexibility index (Phi) is 4.91. The van der Waals surface area contributed by atoms with Gasteiger partial charge in [0.1, 0.15) is 5.82 Å². The van der Waals surface area contributed by atoms with Gasteiger partial charge in [-0.05, 0) is 24.3 Å². The number of aromatic nitrogens is 2. The quantitative estimate of drug-likeness (QED) is 0.665. The number of nitrogens with one attached hydrogen (secondary N) is 2. The lowest BCUT2D eigenvalue weighted by Crippen LogP contribution is -2.19. The molecule has 5 nitrogen and oxygen atoms in total. The van der Waals surface area contributed by atoms with Crippen LogP contribution in [0.15, 0.2) is 28.6 Å². The Balaban J connectivity index is 1.91. The molecule has 1 aromatic heterocycles. The van der Waals surface area contributed by atoms with Gasteiger partial charge in [-0.25, -0.2) is 9.18 Å². The van der Waals surface area contributed by atoms with Crippen LogP contribution >= 0.6 is 23.1 Å². The first-order valence-electron chi connectivity index (χ1n) is 5.86. The van der Waals surface area contributed by atoms with Crippen LogP contribution in [-0.4, -0.2) is 21.5 Å². The van der Waals surface area contributed by atoms with E-state index in [1.807, 2.05) is 0 Å². The van der Waals surface area contributed by atoms with E-state index in [2.05, 4.69) is 34.7 Å². The van der Waals surface area contributed by atoms with Crippen LogP contribution in [0.4, 0.5) is 20.0 Å². The fourth-order valence-corrected chi connectivity index (χ4v) is 3.27. The van der Waals surface area contributed by atoms with E-state index in [0.717, 1.165) is 4.34 Å². The van der Waals surface area contributed by atoms with E-state index in [0.29, 0.717) is 16.1 Å². The molecular formula is C12H13FN4OS2. The Morgan fingerprint density at radius 2 is 1.95 bits per heavy atom. The van der Waals surface area contributed by atoms with Gasteiger partial charge in [-0.1, -0.05) is 36.9 Å². The first-order chi connectivity index (χ1) is 9.52. The van der Waals surface area contributed by atoms with Gasteiger partial charge in [0.25, 0.3) is 0 Å². The van der Waals surface area contributed by atoms with E-state index in [1.165, 1.54) is 35.6 Å². The van der Waals surface area contributed by atoms with Gasteiger partial charge in [0, 0.05) is 10.9 Å². The summed E-state index contributed by atoms with van der Waals surface area (Å²) in [7, 11) is 0. The van der Waals surface area contributed by atoms with E-state index in [1.54, 1.807) is 11.8 Å². The molecule has 0 saturated heterocycles. The smallest absolute Gasteiger partial charge is 0.308 e. The van der Waals surface area contributed by atoms with Crippen molar-refractivity contribution in [2.24, 2.45) is 0 Å². The lowest BCUT2D eigenvalue weighted by atomic mass is 10.3. The van der Waals surface area contributed by atoms with Gasteiger partial charge in [0.05, 0.1) is 0 Å². The summed E-state index contributed by atoms with van der Waals surface area (Å²) >= 11 is 2.89. The highest BCUT2D eigenvalue weighted by Crippen LogP contribution is 2.28. The molecule has 0 aliphatic carbocycles. The molecule has 2 N–H and O–H groups in total. The van der Waals surface area contributed by atoms with Gasteiger partial charge in [-0.15, -0.1) is 10.2 Å². The maximum Gasteiger partial charge on any atom is 0.325 e. The fraction of sp³-hybridized carbons (Fsp3) is 0.250. The van der Waals surface area contributed by atoms with Gasteiger partial charge in [0.2, 0.25) is 5.13 Å². The number of hydrogen-bond acceptors (Lipinski definition) is 5. The van der Waals surface area contributed by atoms with Gasteiger partial charge in [0.15, 0.2) is 4.34 Å². The Morgan fingerprint density at radius 3 is 2.60 bits per heavy atom. The second-order valence-corrected chi connectivity index (χ2v) is 6.93. The number of anilines is 2. The predicted molar refractivity (Wildman–Crippen MR) is 79.9 cm³/mol. The number of carbonyl (C=O) groups is 1. The number of nitrogens with zero attached hydrogens (tertiary/aromatic N) is 2. The van der Waals surface area contributed by atoms with Gasteiger partial charge in [-0.3, -0.25) is 5.32 Å². The highest BCUT2D eigenvalue weighted by atomic mass is 32.2. The standard InChI is InChI=1S/C12H13FN4OS2/c1-7(2)19-12-17-16-11(20-12)15-10(18)14-9-5-3-8(13)4-6-9/h3-7H,1-2H3,(H2,14,15,16,18). The number of urea groups is 1. The molecule has 2 aromatic rings. The number of thioether (sulfide) groups is 1. The van der Waals surface area contributed by atoms with E-state index >= 15 is 0 Å². The van der Waals surface area contributed by atoms with Crippen LogP contribution in [0.3, 0.4) is 0 Å². The average molecular weight is 312 g/mol. The summed E-state index contributed by atoms with van der Waals surface area (Å²) in [5, 5.41) is 13.8. The van der Waals surface area contributed by atoms with E-state index in [9.17, 15) is 9.18 Å². The first kappa shape index (κ1) is 14.7. The maximum absolute atomic E-state index is 12.7. The van der Waals surface area contributed by atoms with Crippen LogP contribution in [0, 0.1) is 5.82 Å². The molecule has 106 valence electrons. The minimum atomic E-state index is -0.436. The first-order valence-corrected chi connectivity index (χ1v) is 7.56. The average Bonchev–Trinajstić information content (AvgIpc) is 2.78. The van der Waals surface area contributed by atoms with Crippen LogP contribution in [0.5, 0.6) is 0 Å². The van der Waals surface area contributed by atoms with Crippen molar-refractivity contribution >= 4 is 39.9 Å². The molecule has 0 saturated carbocycles. The van der Waals surface area contributed by atoms with Crippen molar-refractivity contribution in [3.05, 3.63) is 30.1 Å². The van der Waals surface area contributed by atoms with Crippen LogP contribution in [0.25, 0.3) is 0 Å². The molecule has 2 rings (SSSR count). The zero-order valence-corrected chi connectivity index (χ0v) is 12.5. The number of rotatable bonds is 4. The van der Waals surface area contributed by atoms with Crippen molar-refractivity contribution in [2.45, 2.75) is 23.4 Å². The topological polar surface area (TPSA) is 66.9 Å². The number of benzene rings is 1. The summed E-state index contributed by atoms with van der Waals surface area (Å²) in [5.41, 5.74) is 0.505. The Labute approximate surface area is 124 Å². The third kappa shape index (κ3) is 4.46. The Bertz CT molecular complexity index is 585. The van der Waals surface area contributed by atoms with Crippen molar-refractivity contribution in [1.29, 1.82) is 0 Å². The van der Waals surface area contributed by atoms with Crippen molar-refractivity contribution in [1.82, 2.24) is 10.2 Å². The SMILES string of the molecule is CC(C)Sc1nnc(NC(=O)Nc2ccc(F)cc2)s1. The molecule has 2 amide bonds. The summed E-state index contributed by atoms with van der Waals surface area (Å²) in [6.45, 7) is 4.11. The zero-order chi connectivity index (χ0) is 14.5. The minimum absolute atomic E-state index is 0.351. The van der Waals surface area contributed by atoms with Crippen LogP contribution in [-0.2, 0) is 0 Å². The fourth-order valence-electron chi connectivity index (χ4n) is 1.30. The highest BCUT2D eigenvalue weighted by molar-refractivity contribution is 8.01. The monoisotopic (exact) mass is 312 g/mol. The summed E-state index contributed by atoms with van der Waals surface area (Å²) in [6.07, 6.45) is 0. The normalized spacial score (nSPS) is 10.6. The molecule has 0 spiro atoms. The van der Waals surface area contributed by atoms with Crippen LogP contribution in [0.1, 0.15) is 13.8 Å². The summed E-state index contributed by atoms with van der Waals surface area (Å²) < 4.78 is 13.5. The summed E-state index contributed by atoms with van der Waals surface area (Å²) in [6, 6.07) is 5.08. The molecule has 0 fully saturated rings. The van der Waals surface area contributed by atoms with Crippen molar-refractivity contribution in [2.75, 3.05) is 10.6 Å². The van der Waals surface area contributed by atoms with Crippen LogP contribution < -0.4 is 10.6 Å². The molecular weight excluding hydrogens is 299 g/mol. The predicted octanol–water partition coefficient (Wildman–Crippen LogP) is 3.82. The molecule has 0 radical (unpaired) electrons. The molecule has 0 aliphatic rings. The van der Waals surface area contributed by atoms with Crippen molar-refractivity contribution in [3.8, 4) is 0 Å². The zero-order valence-electron chi connectivity index (χ0n) is 10.9. The molecule has 0 aliphatic heterocycles. The molecule has 1 aromatic carbocycles. The number of amides is 2. The minimum Gasteiger partial charge on any atom is -0.308 e. The van der Waals surface area contributed by atoms with Gasteiger partial charge >= 0.3 is 6.03 Å². The van der Waals surface area contributed by atoms with E-state index in [-0.39, 0.29) is 5.82 Å². The third-order valence-electron chi connectivity index (χ3n) is 2.07. The van der Waals surface area contributed by atoms with E-state index in [4.69, 9.17) is 0 Å². The number of halogens is 1. The Morgan fingerprint density at radius 1 is 1.25 bits per heavy atom. The number of hydrogen-bond donors (Lipinski definition) is 2. The molecule has 8 heteroatoms. The van der Waals surface area contributed by atoms with Crippen molar-refractivity contribution in [3.63, 3.8) is 0 Å². The third-order valence-corrected chi connectivity index (χ3v) is 3.99. The lowest BCUT2D eigenvalue weighted by Gasteiger charge is -2.04. The number of carbonyl (C=O) groups excluding carboxylic acids is 1. The Hall–Kier alpha value is -1.67. The maximum atomic E-state index is 12.7. The van der Waals surface area contributed by atoms with Gasteiger partial charge in [-0.2, -0.15) is 0 Å². The van der Waals surface area contributed by atoms with E-state index < -0.39 is 6.03 Å². The second kappa shape index (κ2) is 6.67. The van der Waals surface area contributed by atoms with Crippen molar-refractivity contribution < 1.29 is 9.18 Å². The van der Waals surface area contributed by atoms with Gasteiger partial charge < -0.3 is 5.32 Å². The highest BCUT2D eigenvalue weighted by Gasteiger charge is 2.09. The molecule has 0 bridgehead atoms. The lowest BCUT2D eigenvalue weighted by molar-refractivity contribution is 0.262. The molecule has 20 heavy (non-hydrogen) atoms. The molecule has 0 unspecified atom stereocenters. The summed E-state index contributed by atoms with van der Waals surface area (Å²) in [4.78, 5) is 11.7. The second-order valence-electron chi connectivity index (χ2n) is 4.13. The molecule has 1 heterocycles. The molecule has 0 atom stereocenters. The summed E-state index contributed by atoms with van der Waals surface area (Å²) in [5.74, 6) is -0.351. The largest absolute Gasteiger partial charge is 0.325 e.